The monoisotopic (exact) mass is 273 g/mol. The largest absolute Gasteiger partial charge is 0.324 e. The Hall–Kier alpha value is -1.88. The predicted molar refractivity (Wildman–Crippen MR) is 77.2 cm³/mol. The van der Waals surface area contributed by atoms with Crippen LogP contribution in [0.1, 0.15) is 43.7 Å². The number of fused-ring (bicyclic) bond motifs is 1. The minimum Gasteiger partial charge on any atom is -0.324 e. The first-order chi connectivity index (χ1) is 9.61. The van der Waals surface area contributed by atoms with E-state index < -0.39 is 0 Å². The van der Waals surface area contributed by atoms with E-state index in [1.165, 1.54) is 19.3 Å². The van der Waals surface area contributed by atoms with Gasteiger partial charge in [0.25, 0.3) is 0 Å². The molecule has 0 bridgehead atoms. The van der Waals surface area contributed by atoms with Gasteiger partial charge in [0.15, 0.2) is 0 Å². The number of amides is 2. The van der Waals surface area contributed by atoms with Crippen molar-refractivity contribution in [2.45, 2.75) is 38.1 Å². The van der Waals surface area contributed by atoms with Gasteiger partial charge in [0, 0.05) is 6.04 Å². The molecule has 106 valence electrons. The molecule has 1 aliphatic heterocycles. The van der Waals surface area contributed by atoms with Crippen LogP contribution in [-0.2, 0) is 9.59 Å². The lowest BCUT2D eigenvalue weighted by Gasteiger charge is -2.28. The summed E-state index contributed by atoms with van der Waals surface area (Å²) >= 11 is 0. The molecule has 1 fully saturated rings. The first-order valence-corrected chi connectivity index (χ1v) is 7.11. The van der Waals surface area contributed by atoms with Gasteiger partial charge in [-0.05, 0) is 30.0 Å². The van der Waals surface area contributed by atoms with E-state index in [1.807, 2.05) is 18.2 Å². The molecule has 5 nitrogen and oxygen atoms in total. The summed E-state index contributed by atoms with van der Waals surface area (Å²) in [4.78, 5) is 23.0. The fraction of sp³-hybridized carbons (Fsp3) is 0.467. The number of rotatable bonds is 3. The maximum Gasteiger partial charge on any atom is 0.233 e. The summed E-state index contributed by atoms with van der Waals surface area (Å²) in [6, 6.07) is 5.61. The third kappa shape index (κ3) is 2.67. The molecule has 5 heteroatoms. The van der Waals surface area contributed by atoms with Gasteiger partial charge in [0.1, 0.15) is 6.42 Å². The smallest absolute Gasteiger partial charge is 0.233 e. The highest BCUT2D eigenvalue weighted by atomic mass is 16.2. The summed E-state index contributed by atoms with van der Waals surface area (Å²) in [5.74, 6) is 0.164. The quantitative estimate of drug-likeness (QED) is 0.738. The van der Waals surface area contributed by atoms with Crippen LogP contribution in [0.2, 0.25) is 0 Å². The molecule has 1 aliphatic carbocycles. The van der Waals surface area contributed by atoms with E-state index >= 15 is 0 Å². The highest BCUT2D eigenvalue weighted by Crippen LogP contribution is 2.35. The molecule has 4 N–H and O–H groups in total. The van der Waals surface area contributed by atoms with Gasteiger partial charge in [-0.25, -0.2) is 0 Å². The number of nitrogens with one attached hydrogen (secondary N) is 2. The lowest BCUT2D eigenvalue weighted by atomic mass is 9.80. The molecule has 1 aromatic carbocycles. The van der Waals surface area contributed by atoms with Crippen LogP contribution in [0.15, 0.2) is 18.2 Å². The first kappa shape index (κ1) is 13.1. The van der Waals surface area contributed by atoms with Gasteiger partial charge in [-0.1, -0.05) is 25.3 Å². The minimum atomic E-state index is -0.286. The Morgan fingerprint density at radius 1 is 1.15 bits per heavy atom. The summed E-state index contributed by atoms with van der Waals surface area (Å²) in [6.45, 7) is 0. The lowest BCUT2D eigenvalue weighted by molar-refractivity contribution is -0.123. The highest BCUT2D eigenvalue weighted by Gasteiger charge is 2.23. The van der Waals surface area contributed by atoms with Crippen molar-refractivity contribution in [3.05, 3.63) is 23.8 Å². The number of carbonyl (C=O) groups is 2. The second kappa shape index (κ2) is 5.25. The maximum absolute atomic E-state index is 11.6. The zero-order valence-corrected chi connectivity index (χ0v) is 11.3. The number of carbonyl (C=O) groups excluding carboxylic acids is 2. The highest BCUT2D eigenvalue weighted by molar-refractivity contribution is 6.13. The number of nitrogens with two attached hydrogens (primary N) is 1. The van der Waals surface area contributed by atoms with E-state index in [-0.39, 0.29) is 24.3 Å². The van der Waals surface area contributed by atoms with Crippen molar-refractivity contribution in [3.63, 3.8) is 0 Å². The molecular formula is C15H19N3O2. The van der Waals surface area contributed by atoms with Crippen LogP contribution in [0.25, 0.3) is 0 Å². The van der Waals surface area contributed by atoms with E-state index in [1.54, 1.807) is 0 Å². The van der Waals surface area contributed by atoms with Gasteiger partial charge in [-0.3, -0.25) is 9.59 Å². The molecule has 20 heavy (non-hydrogen) atoms. The number of benzene rings is 1. The molecule has 1 unspecified atom stereocenters. The van der Waals surface area contributed by atoms with Crippen LogP contribution in [0.4, 0.5) is 11.4 Å². The summed E-state index contributed by atoms with van der Waals surface area (Å²) in [5.41, 5.74) is 8.53. The Kier molecular flexibility index (Phi) is 3.44. The maximum atomic E-state index is 11.6. The van der Waals surface area contributed by atoms with Gasteiger partial charge in [-0.15, -0.1) is 0 Å². The van der Waals surface area contributed by atoms with Crippen molar-refractivity contribution < 1.29 is 9.59 Å². The molecule has 1 heterocycles. The standard InChI is InChI=1S/C15H19N3O2/c16-11(6-9-2-1-3-9)10-4-5-12-13(7-10)18-15(20)8-14(19)17-12/h4-5,7,9,11H,1-3,6,8,16H2,(H,17,19)(H,18,20). The van der Waals surface area contributed by atoms with E-state index in [0.717, 1.165) is 17.9 Å². The number of hydrogen-bond acceptors (Lipinski definition) is 3. The molecule has 2 amide bonds. The third-order valence-corrected chi connectivity index (χ3v) is 4.15. The van der Waals surface area contributed by atoms with Crippen molar-refractivity contribution in [1.82, 2.24) is 0 Å². The van der Waals surface area contributed by atoms with Crippen LogP contribution in [0.5, 0.6) is 0 Å². The summed E-state index contributed by atoms with van der Waals surface area (Å²) in [5, 5.41) is 5.47. The average Bonchev–Trinajstić information content (AvgIpc) is 2.49. The van der Waals surface area contributed by atoms with E-state index in [4.69, 9.17) is 5.73 Å². The lowest BCUT2D eigenvalue weighted by Crippen LogP contribution is -2.20. The normalized spacial score (nSPS) is 20.2. The Bertz CT molecular complexity index is 552. The predicted octanol–water partition coefficient (Wildman–Crippen LogP) is 2.16. The summed E-state index contributed by atoms with van der Waals surface area (Å²) in [6.07, 6.45) is 4.69. The molecule has 0 radical (unpaired) electrons. The summed E-state index contributed by atoms with van der Waals surface area (Å²) in [7, 11) is 0. The van der Waals surface area contributed by atoms with Crippen molar-refractivity contribution in [2.75, 3.05) is 10.6 Å². The Morgan fingerprint density at radius 3 is 2.50 bits per heavy atom. The van der Waals surface area contributed by atoms with Crippen molar-refractivity contribution in [3.8, 4) is 0 Å². The number of hydrogen-bond donors (Lipinski definition) is 3. The molecule has 0 spiro atoms. The van der Waals surface area contributed by atoms with Gasteiger partial charge in [0.05, 0.1) is 11.4 Å². The second-order valence-corrected chi connectivity index (χ2v) is 5.72. The zero-order valence-electron chi connectivity index (χ0n) is 11.3. The molecule has 0 aromatic heterocycles. The first-order valence-electron chi connectivity index (χ1n) is 7.11. The summed E-state index contributed by atoms with van der Waals surface area (Å²) < 4.78 is 0. The van der Waals surface area contributed by atoms with Gasteiger partial charge in [-0.2, -0.15) is 0 Å². The average molecular weight is 273 g/mol. The van der Waals surface area contributed by atoms with Gasteiger partial charge >= 0.3 is 0 Å². The molecule has 1 atom stereocenters. The van der Waals surface area contributed by atoms with Crippen molar-refractivity contribution >= 4 is 23.2 Å². The van der Waals surface area contributed by atoms with Crippen LogP contribution < -0.4 is 16.4 Å². The van der Waals surface area contributed by atoms with E-state index in [9.17, 15) is 9.59 Å². The third-order valence-electron chi connectivity index (χ3n) is 4.15. The van der Waals surface area contributed by atoms with Crippen LogP contribution >= 0.6 is 0 Å². The van der Waals surface area contributed by atoms with Crippen LogP contribution in [0.3, 0.4) is 0 Å². The van der Waals surface area contributed by atoms with E-state index in [2.05, 4.69) is 10.6 Å². The zero-order chi connectivity index (χ0) is 14.1. The SMILES string of the molecule is NC(CC1CCC1)c1ccc2c(c1)NC(=O)CC(=O)N2. The van der Waals surface area contributed by atoms with Gasteiger partial charge in [0.2, 0.25) is 11.8 Å². The van der Waals surface area contributed by atoms with Crippen LogP contribution in [0, 0.1) is 5.92 Å². The van der Waals surface area contributed by atoms with Gasteiger partial charge < -0.3 is 16.4 Å². The molecular weight excluding hydrogens is 254 g/mol. The molecule has 1 aromatic rings. The Morgan fingerprint density at radius 2 is 1.85 bits per heavy atom. The Balaban J connectivity index is 1.80. The molecule has 0 saturated heterocycles. The minimum absolute atomic E-state index is 0.0125. The second-order valence-electron chi connectivity index (χ2n) is 5.72. The number of anilines is 2. The molecule has 1 saturated carbocycles. The van der Waals surface area contributed by atoms with Crippen LogP contribution in [-0.4, -0.2) is 11.8 Å². The molecule has 3 rings (SSSR count). The fourth-order valence-corrected chi connectivity index (χ4v) is 2.76. The topological polar surface area (TPSA) is 84.2 Å². The van der Waals surface area contributed by atoms with Crippen molar-refractivity contribution in [2.24, 2.45) is 11.7 Å². The van der Waals surface area contributed by atoms with E-state index in [0.29, 0.717) is 11.4 Å². The van der Waals surface area contributed by atoms with Crippen molar-refractivity contribution in [1.29, 1.82) is 0 Å². The Labute approximate surface area is 117 Å². The molecule has 2 aliphatic rings. The fourth-order valence-electron chi connectivity index (χ4n) is 2.76.